The molecule has 0 saturated carbocycles. The number of cyclic esters (lactones) is 1. The van der Waals surface area contributed by atoms with Crippen molar-refractivity contribution in [2.24, 2.45) is 5.92 Å². The minimum absolute atomic E-state index is 0.168. The van der Waals surface area contributed by atoms with Crippen molar-refractivity contribution in [1.82, 2.24) is 0 Å². The molecule has 5 atom stereocenters. The van der Waals surface area contributed by atoms with Gasteiger partial charge in [-0.2, -0.15) is 0 Å². The first kappa shape index (κ1) is 18.9. The summed E-state index contributed by atoms with van der Waals surface area (Å²) in [6.07, 6.45) is 3.64. The number of rotatable bonds is 0. The SMILES string of the molecule is C/C1=C/CC[C@H](C)[C@@H](C)OC(=O)CC(O)[C@](C)(O)/C=C/[C@@H]1O. The summed E-state index contributed by atoms with van der Waals surface area (Å²) in [4.78, 5) is 11.8. The van der Waals surface area contributed by atoms with Gasteiger partial charge >= 0.3 is 5.97 Å². The van der Waals surface area contributed by atoms with Gasteiger partial charge in [0.15, 0.2) is 0 Å². The highest BCUT2D eigenvalue weighted by Crippen LogP contribution is 2.21. The van der Waals surface area contributed by atoms with Crippen molar-refractivity contribution in [3.8, 4) is 0 Å². The Balaban J connectivity index is 2.98. The Morgan fingerprint density at radius 1 is 1.32 bits per heavy atom. The van der Waals surface area contributed by atoms with Crippen LogP contribution in [-0.2, 0) is 9.53 Å². The zero-order chi connectivity index (χ0) is 16.9. The highest BCUT2D eigenvalue weighted by molar-refractivity contribution is 5.70. The Hall–Kier alpha value is -1.17. The third kappa shape index (κ3) is 5.55. The van der Waals surface area contributed by atoms with Crippen LogP contribution < -0.4 is 0 Å². The van der Waals surface area contributed by atoms with Crippen LogP contribution >= 0.6 is 0 Å². The fourth-order valence-corrected chi connectivity index (χ4v) is 2.21. The molecule has 1 aliphatic heterocycles. The molecule has 1 unspecified atom stereocenters. The Morgan fingerprint density at radius 2 is 1.95 bits per heavy atom. The molecule has 0 aromatic rings. The van der Waals surface area contributed by atoms with Crippen LogP contribution in [-0.4, -0.2) is 45.2 Å². The number of esters is 1. The van der Waals surface area contributed by atoms with Gasteiger partial charge in [-0.3, -0.25) is 4.79 Å². The lowest BCUT2D eigenvalue weighted by molar-refractivity contribution is -0.156. The van der Waals surface area contributed by atoms with E-state index >= 15 is 0 Å². The van der Waals surface area contributed by atoms with E-state index < -0.39 is 23.8 Å². The molecule has 0 radical (unpaired) electrons. The maximum absolute atomic E-state index is 11.8. The van der Waals surface area contributed by atoms with Crippen LogP contribution in [0.4, 0.5) is 0 Å². The number of aliphatic hydroxyl groups excluding tert-OH is 2. The molecule has 1 heterocycles. The predicted molar refractivity (Wildman–Crippen MR) is 84.1 cm³/mol. The van der Waals surface area contributed by atoms with Gasteiger partial charge in [-0.25, -0.2) is 0 Å². The zero-order valence-corrected chi connectivity index (χ0v) is 13.8. The third-order valence-corrected chi connectivity index (χ3v) is 4.32. The van der Waals surface area contributed by atoms with Crippen molar-refractivity contribution in [3.63, 3.8) is 0 Å². The van der Waals surface area contributed by atoms with E-state index in [1.54, 1.807) is 0 Å². The van der Waals surface area contributed by atoms with E-state index in [1.165, 1.54) is 19.1 Å². The second kappa shape index (κ2) is 7.90. The molecule has 0 bridgehead atoms. The quantitative estimate of drug-likeness (QED) is 0.468. The van der Waals surface area contributed by atoms with Crippen molar-refractivity contribution < 1.29 is 24.9 Å². The minimum Gasteiger partial charge on any atom is -0.462 e. The van der Waals surface area contributed by atoms with Crippen LogP contribution in [0.1, 0.15) is 47.0 Å². The van der Waals surface area contributed by atoms with E-state index in [0.29, 0.717) is 0 Å². The highest BCUT2D eigenvalue weighted by Gasteiger charge is 2.31. The van der Waals surface area contributed by atoms with Crippen LogP contribution in [0.5, 0.6) is 0 Å². The number of ether oxygens (including phenoxy) is 1. The molecule has 0 fully saturated rings. The van der Waals surface area contributed by atoms with Crippen molar-refractivity contribution in [3.05, 3.63) is 23.8 Å². The van der Waals surface area contributed by atoms with Gasteiger partial charge in [0.2, 0.25) is 0 Å². The number of hydrogen-bond acceptors (Lipinski definition) is 5. The van der Waals surface area contributed by atoms with Crippen LogP contribution in [0.15, 0.2) is 23.8 Å². The van der Waals surface area contributed by atoms with E-state index in [4.69, 9.17) is 4.74 Å². The number of carbonyl (C=O) groups is 1. The van der Waals surface area contributed by atoms with Crippen molar-refractivity contribution in [1.29, 1.82) is 0 Å². The van der Waals surface area contributed by atoms with Crippen LogP contribution in [0.3, 0.4) is 0 Å². The summed E-state index contributed by atoms with van der Waals surface area (Å²) in [7, 11) is 0. The lowest BCUT2D eigenvalue weighted by atomic mass is 9.93. The molecule has 5 heteroatoms. The van der Waals surface area contributed by atoms with Gasteiger partial charge in [0, 0.05) is 0 Å². The van der Waals surface area contributed by atoms with Crippen molar-refractivity contribution >= 4 is 5.97 Å². The standard InChI is InChI=1S/C17H28O5/c1-11-6-5-7-12(2)14(18)8-9-17(4,21)15(19)10-16(20)22-13(11)3/h7-9,11,13-15,18-19,21H,5-6,10H2,1-4H3/b9-8+,12-7-/t11-,13+,14-,15?,17+/m0/s1. The van der Waals surface area contributed by atoms with E-state index in [1.807, 2.05) is 26.8 Å². The van der Waals surface area contributed by atoms with Gasteiger partial charge < -0.3 is 20.1 Å². The summed E-state index contributed by atoms with van der Waals surface area (Å²) >= 11 is 0. The van der Waals surface area contributed by atoms with Crippen LogP contribution in [0, 0.1) is 5.92 Å². The van der Waals surface area contributed by atoms with Gasteiger partial charge in [0.25, 0.3) is 0 Å². The zero-order valence-electron chi connectivity index (χ0n) is 13.8. The predicted octanol–water partition coefficient (Wildman–Crippen LogP) is 1.71. The fraction of sp³-hybridized carbons (Fsp3) is 0.706. The first-order valence-electron chi connectivity index (χ1n) is 7.77. The Labute approximate surface area is 132 Å². The Bertz CT molecular complexity index is 438. The first-order chi connectivity index (χ1) is 10.1. The number of carbonyl (C=O) groups excluding carboxylic acids is 1. The van der Waals surface area contributed by atoms with Gasteiger partial charge in [0.1, 0.15) is 11.7 Å². The van der Waals surface area contributed by atoms with Gasteiger partial charge in [0.05, 0.1) is 18.6 Å². The van der Waals surface area contributed by atoms with E-state index in [2.05, 4.69) is 0 Å². The highest BCUT2D eigenvalue weighted by atomic mass is 16.5. The van der Waals surface area contributed by atoms with Crippen molar-refractivity contribution in [2.75, 3.05) is 0 Å². The van der Waals surface area contributed by atoms with Gasteiger partial charge in [-0.05, 0) is 45.1 Å². The Kier molecular flexibility index (Phi) is 6.78. The van der Waals surface area contributed by atoms with Crippen molar-refractivity contribution in [2.45, 2.75) is 70.9 Å². The molecule has 22 heavy (non-hydrogen) atoms. The molecule has 1 aliphatic rings. The minimum atomic E-state index is -1.61. The normalized spacial score (nSPS) is 42.7. The number of allylic oxidation sites excluding steroid dienone is 1. The molecular weight excluding hydrogens is 284 g/mol. The molecule has 0 aromatic heterocycles. The van der Waals surface area contributed by atoms with Gasteiger partial charge in [-0.1, -0.05) is 25.2 Å². The lowest BCUT2D eigenvalue weighted by Gasteiger charge is -2.27. The Morgan fingerprint density at radius 3 is 2.59 bits per heavy atom. The molecule has 0 aromatic carbocycles. The molecule has 3 N–H and O–H groups in total. The molecule has 0 spiro atoms. The monoisotopic (exact) mass is 312 g/mol. The summed E-state index contributed by atoms with van der Waals surface area (Å²) in [5.74, 6) is -0.369. The average Bonchev–Trinajstić information content (AvgIpc) is 2.43. The summed E-state index contributed by atoms with van der Waals surface area (Å²) in [6.45, 7) is 7.03. The molecule has 1 rings (SSSR count). The molecule has 126 valence electrons. The summed E-state index contributed by atoms with van der Waals surface area (Å²) in [6, 6.07) is 0. The van der Waals surface area contributed by atoms with E-state index in [-0.39, 0.29) is 18.4 Å². The second-order valence-corrected chi connectivity index (χ2v) is 6.45. The van der Waals surface area contributed by atoms with Crippen LogP contribution in [0.25, 0.3) is 0 Å². The number of hydrogen-bond donors (Lipinski definition) is 3. The smallest absolute Gasteiger partial charge is 0.308 e. The molecule has 0 saturated heterocycles. The molecule has 5 nitrogen and oxygen atoms in total. The molecule has 0 amide bonds. The maximum Gasteiger partial charge on any atom is 0.308 e. The number of aliphatic hydroxyl groups is 3. The van der Waals surface area contributed by atoms with Crippen LogP contribution in [0.2, 0.25) is 0 Å². The molecule has 0 aliphatic carbocycles. The first-order valence-corrected chi connectivity index (χ1v) is 7.77. The topological polar surface area (TPSA) is 87.0 Å². The summed E-state index contributed by atoms with van der Waals surface area (Å²) in [5, 5.41) is 30.3. The van der Waals surface area contributed by atoms with E-state index in [0.717, 1.165) is 18.4 Å². The molecular formula is C17H28O5. The second-order valence-electron chi connectivity index (χ2n) is 6.45. The summed E-state index contributed by atoms with van der Waals surface area (Å²) < 4.78 is 5.31. The third-order valence-electron chi connectivity index (χ3n) is 4.32. The summed E-state index contributed by atoms with van der Waals surface area (Å²) in [5.41, 5.74) is -0.824. The maximum atomic E-state index is 11.8. The van der Waals surface area contributed by atoms with E-state index in [9.17, 15) is 20.1 Å². The largest absolute Gasteiger partial charge is 0.462 e. The fourth-order valence-electron chi connectivity index (χ4n) is 2.21. The average molecular weight is 312 g/mol. The van der Waals surface area contributed by atoms with Gasteiger partial charge in [-0.15, -0.1) is 0 Å². The lowest BCUT2D eigenvalue weighted by Crippen LogP contribution is -2.40.